The van der Waals surface area contributed by atoms with Crippen LogP contribution in [0.25, 0.3) is 20.8 Å². The Morgan fingerprint density at radius 2 is 1.96 bits per heavy atom. The molecule has 3 N–H and O–H groups in total. The summed E-state index contributed by atoms with van der Waals surface area (Å²) < 4.78 is 8.37. The molecule has 9 heteroatoms. The molecule has 0 aliphatic carbocycles. The smallest absolute Gasteiger partial charge is 0.329 e. The summed E-state index contributed by atoms with van der Waals surface area (Å²) in [5.41, 5.74) is 1.81. The molecule has 0 fully saturated rings. The van der Waals surface area contributed by atoms with Gasteiger partial charge in [-0.05, 0) is 42.5 Å². The van der Waals surface area contributed by atoms with Crippen molar-refractivity contribution in [2.75, 3.05) is 5.32 Å². The average molecular weight is 411 g/mol. The van der Waals surface area contributed by atoms with Crippen molar-refractivity contribution >= 4 is 50.3 Å². The van der Waals surface area contributed by atoms with Crippen LogP contribution in [0.1, 0.15) is 10.6 Å². The fraction of sp³-hybridized carbons (Fsp3) is 0. The Bertz CT molecular complexity index is 1120. The summed E-state index contributed by atoms with van der Waals surface area (Å²) in [7, 11) is 0. The first-order valence-electron chi connectivity index (χ1n) is 8.11. The molecule has 140 valence electrons. The van der Waals surface area contributed by atoms with Crippen LogP contribution in [-0.4, -0.2) is 21.2 Å². The molecule has 2 aromatic heterocycles. The second-order valence-corrected chi connectivity index (χ2v) is 7.45. The summed E-state index contributed by atoms with van der Waals surface area (Å²) in [6, 6.07) is 14.9. The number of phenolic OH excluding ortho intramolecular Hbond substituents is 1. The number of hydrogen-bond acceptors (Lipinski definition) is 7. The van der Waals surface area contributed by atoms with Gasteiger partial charge in [0, 0.05) is 17.6 Å². The van der Waals surface area contributed by atoms with E-state index >= 15 is 0 Å². The van der Waals surface area contributed by atoms with E-state index < -0.39 is 11.1 Å². The fourth-order valence-corrected chi connectivity index (χ4v) is 3.91. The van der Waals surface area contributed by atoms with E-state index in [1.165, 1.54) is 29.7 Å². The van der Waals surface area contributed by atoms with Gasteiger partial charge in [-0.1, -0.05) is 12.1 Å². The number of furan rings is 1. The first-order valence-corrected chi connectivity index (χ1v) is 9.74. The zero-order chi connectivity index (χ0) is 19.5. The number of carbonyl (C=O) groups excluding carboxylic acids is 2. The third kappa shape index (κ3) is 3.85. The van der Waals surface area contributed by atoms with Gasteiger partial charge in [-0.15, -0.1) is 11.3 Å². The van der Waals surface area contributed by atoms with Gasteiger partial charge in [0.15, 0.2) is 5.76 Å². The first kappa shape index (κ1) is 18.1. The Kier molecular flexibility index (Phi) is 5.00. The van der Waals surface area contributed by atoms with Gasteiger partial charge in [0.25, 0.3) is 5.12 Å². The lowest BCUT2D eigenvalue weighted by Gasteiger charge is -2.08. The van der Waals surface area contributed by atoms with E-state index in [0.717, 1.165) is 10.2 Å². The van der Waals surface area contributed by atoms with Crippen LogP contribution in [0.5, 0.6) is 5.75 Å². The minimum Gasteiger partial charge on any atom is -0.507 e. The third-order valence-corrected chi connectivity index (χ3v) is 5.48. The van der Waals surface area contributed by atoms with Crippen molar-refractivity contribution in [3.63, 3.8) is 0 Å². The van der Waals surface area contributed by atoms with Crippen LogP contribution in [0.3, 0.4) is 0 Å². The van der Waals surface area contributed by atoms with Crippen LogP contribution < -0.4 is 10.0 Å². The second kappa shape index (κ2) is 7.75. The topological polar surface area (TPSA) is 104 Å². The summed E-state index contributed by atoms with van der Waals surface area (Å²) >= 11 is 2.06. The Balaban J connectivity index is 1.47. The second-order valence-electron chi connectivity index (χ2n) is 5.64. The van der Waals surface area contributed by atoms with Crippen molar-refractivity contribution in [1.82, 2.24) is 9.71 Å². The third-order valence-electron chi connectivity index (χ3n) is 3.74. The molecule has 7 nitrogen and oxygen atoms in total. The van der Waals surface area contributed by atoms with Crippen LogP contribution in [0.15, 0.2) is 65.3 Å². The Morgan fingerprint density at radius 3 is 2.75 bits per heavy atom. The summed E-state index contributed by atoms with van der Waals surface area (Å²) in [5, 5.41) is 13.1. The largest absolute Gasteiger partial charge is 0.507 e. The van der Waals surface area contributed by atoms with Gasteiger partial charge in [-0.25, -0.2) is 9.78 Å². The van der Waals surface area contributed by atoms with E-state index in [2.05, 4.69) is 15.0 Å². The van der Waals surface area contributed by atoms with E-state index in [4.69, 9.17) is 4.42 Å². The zero-order valence-electron chi connectivity index (χ0n) is 14.2. The van der Waals surface area contributed by atoms with Gasteiger partial charge in [0.05, 0.1) is 22.0 Å². The van der Waals surface area contributed by atoms with Gasteiger partial charge in [0.1, 0.15) is 10.8 Å². The molecular formula is C19H13N3O4S2. The number of thiazole rings is 1. The number of urea groups is 1. The molecule has 0 saturated carbocycles. The van der Waals surface area contributed by atoms with Gasteiger partial charge in [0.2, 0.25) is 0 Å². The first-order chi connectivity index (χ1) is 13.6. The van der Waals surface area contributed by atoms with Crippen LogP contribution in [-0.2, 0) is 0 Å². The number of anilines is 1. The van der Waals surface area contributed by atoms with Crippen molar-refractivity contribution in [3.05, 3.63) is 66.6 Å². The molecular weight excluding hydrogens is 398 g/mol. The number of para-hydroxylation sites is 1. The standard InChI is InChI=1S/C19H13N3O4S2/c23-14-8-7-11(20-19(25)22-28-18(24)15-5-3-9-26-15)10-12(14)17-21-13-4-1-2-6-16(13)27-17/h1-10,23H,(H2,20,22,25). The number of nitrogens with zero attached hydrogens (tertiary/aromatic N) is 1. The highest BCUT2D eigenvalue weighted by Gasteiger charge is 2.14. The van der Waals surface area contributed by atoms with Crippen LogP contribution in [0.4, 0.5) is 10.5 Å². The Labute approximate surface area is 167 Å². The van der Waals surface area contributed by atoms with Gasteiger partial charge < -0.3 is 14.8 Å². The lowest BCUT2D eigenvalue weighted by molar-refractivity contribution is 0.106. The maximum absolute atomic E-state index is 12.1. The molecule has 0 atom stereocenters. The van der Waals surface area contributed by atoms with Gasteiger partial charge in [-0.2, -0.15) is 0 Å². The van der Waals surface area contributed by atoms with Crippen LogP contribution >= 0.6 is 23.3 Å². The van der Waals surface area contributed by atoms with Crippen molar-refractivity contribution < 1.29 is 19.1 Å². The summed E-state index contributed by atoms with van der Waals surface area (Å²) in [4.78, 5) is 28.4. The monoisotopic (exact) mass is 411 g/mol. The van der Waals surface area contributed by atoms with E-state index in [9.17, 15) is 14.7 Å². The van der Waals surface area contributed by atoms with Crippen molar-refractivity contribution in [2.45, 2.75) is 0 Å². The van der Waals surface area contributed by atoms with Crippen LogP contribution in [0.2, 0.25) is 0 Å². The molecule has 4 rings (SSSR count). The number of amides is 2. The van der Waals surface area contributed by atoms with E-state index in [-0.39, 0.29) is 11.5 Å². The van der Waals surface area contributed by atoms with Gasteiger partial charge in [-0.3, -0.25) is 9.52 Å². The molecule has 0 bridgehead atoms. The molecule has 2 aromatic carbocycles. The predicted octanol–water partition coefficient (Wildman–Crippen LogP) is 4.87. The molecule has 0 spiro atoms. The number of nitrogens with one attached hydrogen (secondary N) is 2. The lowest BCUT2D eigenvalue weighted by atomic mass is 10.2. The number of benzene rings is 2. The normalized spacial score (nSPS) is 10.7. The Morgan fingerprint density at radius 1 is 1.11 bits per heavy atom. The molecule has 2 amide bonds. The molecule has 0 aliphatic heterocycles. The molecule has 28 heavy (non-hydrogen) atoms. The Hall–Kier alpha value is -3.30. The number of carbonyl (C=O) groups is 2. The quantitative estimate of drug-likeness (QED) is 0.328. The SMILES string of the molecule is O=C(NSC(=O)c1ccco1)Nc1ccc(O)c(-c2nc3ccccc3s2)c1. The van der Waals surface area contributed by atoms with E-state index in [0.29, 0.717) is 28.2 Å². The van der Waals surface area contributed by atoms with Crippen molar-refractivity contribution in [1.29, 1.82) is 0 Å². The highest BCUT2D eigenvalue weighted by molar-refractivity contribution is 8.12. The van der Waals surface area contributed by atoms with Crippen molar-refractivity contribution in [2.24, 2.45) is 0 Å². The number of hydrogen-bond donors (Lipinski definition) is 3. The molecule has 0 saturated heterocycles. The van der Waals surface area contributed by atoms with E-state index in [1.807, 2.05) is 24.3 Å². The number of rotatable bonds is 3. The molecule has 0 unspecified atom stereocenters. The highest BCUT2D eigenvalue weighted by atomic mass is 32.2. The summed E-state index contributed by atoms with van der Waals surface area (Å²) in [6.07, 6.45) is 1.38. The molecule has 4 aromatic rings. The molecule has 0 radical (unpaired) electrons. The maximum Gasteiger partial charge on any atom is 0.329 e. The predicted molar refractivity (Wildman–Crippen MR) is 110 cm³/mol. The minimum atomic E-state index is -0.578. The lowest BCUT2D eigenvalue weighted by Crippen LogP contribution is -2.24. The van der Waals surface area contributed by atoms with Crippen molar-refractivity contribution in [3.8, 4) is 16.3 Å². The average Bonchev–Trinajstić information content (AvgIpc) is 3.37. The fourth-order valence-electron chi connectivity index (χ4n) is 2.47. The van der Waals surface area contributed by atoms with Crippen LogP contribution in [0, 0.1) is 0 Å². The van der Waals surface area contributed by atoms with Gasteiger partial charge >= 0.3 is 6.03 Å². The molecule has 2 heterocycles. The number of aromatic hydroxyl groups is 1. The number of phenols is 1. The van der Waals surface area contributed by atoms with E-state index in [1.54, 1.807) is 18.2 Å². The zero-order valence-corrected chi connectivity index (χ0v) is 15.8. The highest BCUT2D eigenvalue weighted by Crippen LogP contribution is 2.36. The molecule has 0 aliphatic rings. The summed E-state index contributed by atoms with van der Waals surface area (Å²) in [6.45, 7) is 0. The minimum absolute atomic E-state index is 0.0624. The maximum atomic E-state index is 12.1. The number of aromatic nitrogens is 1. The number of fused-ring (bicyclic) bond motifs is 1. The summed E-state index contributed by atoms with van der Waals surface area (Å²) in [5.74, 6) is 0.209.